The molecule has 0 aliphatic carbocycles. The normalized spacial score (nSPS) is 10.7. The summed E-state index contributed by atoms with van der Waals surface area (Å²) < 4.78 is 5.01. The van der Waals surface area contributed by atoms with Crippen molar-refractivity contribution in [3.8, 4) is 11.5 Å². The molecule has 0 atom stereocenters. The first kappa shape index (κ1) is 9.95. The molecule has 58 valence electrons. The van der Waals surface area contributed by atoms with Gasteiger partial charge < -0.3 is 4.43 Å². The van der Waals surface area contributed by atoms with Crippen LogP contribution in [-0.2, 0) is 4.43 Å². The molecule has 3 heteroatoms. The summed E-state index contributed by atoms with van der Waals surface area (Å²) in [6, 6.07) is 0. The molecule has 0 aromatic heterocycles. The van der Waals surface area contributed by atoms with Crippen LogP contribution in [-0.4, -0.2) is 25.2 Å². The molecule has 0 spiro atoms. The predicted molar refractivity (Wildman–Crippen MR) is 51.6 cm³/mol. The Hall–Kier alpha value is -0.0462. The number of rotatable bonds is 2. The Balaban J connectivity index is 3.50. The SMILES string of the molecule is C[Si](C)(C)C#CCCO[SiH3]. The fraction of sp³-hybridized carbons (Fsp3) is 0.714. The average Bonchev–Trinajstić information content (AvgIpc) is 1.78. The van der Waals surface area contributed by atoms with Crippen LogP contribution >= 0.6 is 0 Å². The molecule has 1 nitrogen and oxygen atoms in total. The van der Waals surface area contributed by atoms with Crippen LogP contribution in [0.15, 0.2) is 0 Å². The number of hydrogen-bond acceptors (Lipinski definition) is 1. The Bertz CT molecular complexity index is 138. The zero-order valence-corrected chi connectivity index (χ0v) is 10.3. The van der Waals surface area contributed by atoms with Crippen molar-refractivity contribution in [2.45, 2.75) is 26.1 Å². The van der Waals surface area contributed by atoms with Gasteiger partial charge in [0.2, 0.25) is 0 Å². The van der Waals surface area contributed by atoms with Gasteiger partial charge in [-0.15, -0.1) is 11.5 Å². The zero-order valence-electron chi connectivity index (χ0n) is 7.32. The van der Waals surface area contributed by atoms with E-state index in [0.717, 1.165) is 23.5 Å². The molecule has 0 amide bonds. The van der Waals surface area contributed by atoms with Crippen molar-refractivity contribution >= 4 is 18.6 Å². The van der Waals surface area contributed by atoms with E-state index in [0.29, 0.717) is 0 Å². The first-order chi connectivity index (χ1) is 4.56. The van der Waals surface area contributed by atoms with Gasteiger partial charge in [0.25, 0.3) is 0 Å². The molecule has 0 aromatic carbocycles. The minimum atomic E-state index is -1.11. The van der Waals surface area contributed by atoms with E-state index < -0.39 is 8.07 Å². The van der Waals surface area contributed by atoms with E-state index in [1.54, 1.807) is 0 Å². The number of hydrogen-bond donors (Lipinski definition) is 0. The lowest BCUT2D eigenvalue weighted by molar-refractivity contribution is 0.360. The lowest BCUT2D eigenvalue weighted by Crippen LogP contribution is -2.16. The van der Waals surface area contributed by atoms with Crippen LogP contribution in [0.3, 0.4) is 0 Å². The second-order valence-electron chi connectivity index (χ2n) is 3.29. The van der Waals surface area contributed by atoms with Crippen LogP contribution in [0.5, 0.6) is 0 Å². The van der Waals surface area contributed by atoms with Gasteiger partial charge in [-0.05, 0) is 0 Å². The van der Waals surface area contributed by atoms with Gasteiger partial charge in [-0.1, -0.05) is 19.6 Å². The summed E-state index contributed by atoms with van der Waals surface area (Å²) in [5.74, 6) is 3.14. The highest BCUT2D eigenvalue weighted by Crippen LogP contribution is 1.96. The summed E-state index contributed by atoms with van der Waals surface area (Å²) in [6.45, 7) is 7.58. The van der Waals surface area contributed by atoms with Crippen LogP contribution in [0.2, 0.25) is 19.6 Å². The molecule has 0 fully saturated rings. The maximum Gasteiger partial charge on any atom is 0.146 e. The molecule has 0 bridgehead atoms. The molecule has 0 radical (unpaired) electrons. The molecule has 0 saturated carbocycles. The molecule has 10 heavy (non-hydrogen) atoms. The lowest BCUT2D eigenvalue weighted by Gasteiger charge is -2.02. The van der Waals surface area contributed by atoms with Gasteiger partial charge in [-0.25, -0.2) is 0 Å². The van der Waals surface area contributed by atoms with Gasteiger partial charge in [0.15, 0.2) is 0 Å². The Morgan fingerprint density at radius 2 is 2.00 bits per heavy atom. The molecule has 0 aliphatic heterocycles. The zero-order chi connectivity index (χ0) is 8.04. The highest BCUT2D eigenvalue weighted by Gasteiger charge is 2.06. The van der Waals surface area contributed by atoms with Gasteiger partial charge in [0, 0.05) is 13.0 Å². The monoisotopic (exact) mass is 172 g/mol. The van der Waals surface area contributed by atoms with Gasteiger partial charge in [0.05, 0.1) is 0 Å². The molecule has 0 aromatic rings. The van der Waals surface area contributed by atoms with E-state index in [4.69, 9.17) is 4.43 Å². The summed E-state index contributed by atoms with van der Waals surface area (Å²) in [4.78, 5) is 0. The van der Waals surface area contributed by atoms with Crippen molar-refractivity contribution in [2.75, 3.05) is 6.61 Å². The van der Waals surface area contributed by atoms with E-state index in [1.807, 2.05) is 0 Å². The van der Waals surface area contributed by atoms with E-state index in [-0.39, 0.29) is 0 Å². The molecule has 0 heterocycles. The maximum atomic E-state index is 5.01. The second-order valence-corrected chi connectivity index (χ2v) is 8.62. The Labute approximate surface area is 67.7 Å². The van der Waals surface area contributed by atoms with Crippen LogP contribution in [0.1, 0.15) is 6.42 Å². The van der Waals surface area contributed by atoms with E-state index in [1.165, 1.54) is 0 Å². The minimum Gasteiger partial charge on any atom is -0.427 e. The van der Waals surface area contributed by atoms with E-state index in [9.17, 15) is 0 Å². The van der Waals surface area contributed by atoms with Crippen molar-refractivity contribution in [1.82, 2.24) is 0 Å². The maximum absolute atomic E-state index is 5.01. The summed E-state index contributed by atoms with van der Waals surface area (Å²) in [5, 5.41) is 0. The lowest BCUT2D eigenvalue weighted by atomic mass is 10.5. The standard InChI is InChI=1S/C7H16OSi2/c1-10(2,3)7-5-4-6-8-9/h4,6H2,1-3,9H3. The summed E-state index contributed by atoms with van der Waals surface area (Å²) in [6.07, 6.45) is 0.910. The Morgan fingerprint density at radius 3 is 2.40 bits per heavy atom. The average molecular weight is 172 g/mol. The summed E-state index contributed by atoms with van der Waals surface area (Å²) in [7, 11) is -0.274. The van der Waals surface area contributed by atoms with Crippen molar-refractivity contribution in [2.24, 2.45) is 0 Å². The molecule has 0 rings (SSSR count). The molecule has 0 aliphatic rings. The first-order valence-electron chi connectivity index (χ1n) is 3.55. The van der Waals surface area contributed by atoms with Crippen LogP contribution in [0.4, 0.5) is 0 Å². The van der Waals surface area contributed by atoms with Crippen LogP contribution in [0.25, 0.3) is 0 Å². The Kier molecular flexibility index (Phi) is 4.70. The third-order valence-corrected chi connectivity index (χ3v) is 2.23. The quantitative estimate of drug-likeness (QED) is 0.336. The molecule has 0 unspecified atom stereocenters. The molecule has 0 N–H and O–H groups in total. The van der Waals surface area contributed by atoms with Gasteiger partial charge in [-0.2, -0.15) is 0 Å². The van der Waals surface area contributed by atoms with Crippen LogP contribution < -0.4 is 0 Å². The molecular formula is C7H16OSi2. The minimum absolute atomic E-state index is 0.823. The fourth-order valence-electron chi connectivity index (χ4n) is 0.481. The second kappa shape index (κ2) is 4.72. The van der Waals surface area contributed by atoms with Crippen molar-refractivity contribution in [3.63, 3.8) is 0 Å². The smallest absolute Gasteiger partial charge is 0.146 e. The highest BCUT2D eigenvalue weighted by molar-refractivity contribution is 6.83. The first-order valence-corrected chi connectivity index (χ1v) is 7.87. The van der Waals surface area contributed by atoms with Crippen molar-refractivity contribution in [1.29, 1.82) is 0 Å². The van der Waals surface area contributed by atoms with Gasteiger partial charge in [-0.3, -0.25) is 0 Å². The van der Waals surface area contributed by atoms with Crippen molar-refractivity contribution in [3.05, 3.63) is 0 Å². The third kappa shape index (κ3) is 7.95. The Morgan fingerprint density at radius 1 is 1.40 bits per heavy atom. The largest absolute Gasteiger partial charge is 0.427 e. The van der Waals surface area contributed by atoms with E-state index >= 15 is 0 Å². The summed E-state index contributed by atoms with van der Waals surface area (Å²) in [5.41, 5.74) is 3.28. The fourth-order valence-corrected chi connectivity index (χ4v) is 1.34. The highest BCUT2D eigenvalue weighted by atomic mass is 28.3. The van der Waals surface area contributed by atoms with Crippen LogP contribution in [0, 0.1) is 11.5 Å². The molecule has 0 saturated heterocycles. The summed E-state index contributed by atoms with van der Waals surface area (Å²) >= 11 is 0. The molecular weight excluding hydrogens is 156 g/mol. The third-order valence-electron chi connectivity index (χ3n) is 0.895. The van der Waals surface area contributed by atoms with E-state index in [2.05, 4.69) is 31.1 Å². The van der Waals surface area contributed by atoms with Crippen molar-refractivity contribution < 1.29 is 4.43 Å². The predicted octanol–water partition coefficient (Wildman–Crippen LogP) is 0.554. The van der Waals surface area contributed by atoms with Gasteiger partial charge >= 0.3 is 0 Å². The van der Waals surface area contributed by atoms with Gasteiger partial charge in [0.1, 0.15) is 18.6 Å². The topological polar surface area (TPSA) is 9.23 Å².